The van der Waals surface area contributed by atoms with Gasteiger partial charge in [0.25, 0.3) is 0 Å². The molecule has 0 saturated carbocycles. The number of halogens is 1. The molecule has 1 atom stereocenters. The van der Waals surface area contributed by atoms with E-state index in [0.29, 0.717) is 12.5 Å². The minimum atomic E-state index is 0. The summed E-state index contributed by atoms with van der Waals surface area (Å²) in [5.41, 5.74) is 2.36. The van der Waals surface area contributed by atoms with E-state index in [1.807, 2.05) is 43.3 Å². The Balaban J connectivity index is 0.00000320. The lowest BCUT2D eigenvalue weighted by molar-refractivity contribution is 0.394. The van der Waals surface area contributed by atoms with Crippen molar-refractivity contribution < 1.29 is 9.47 Å². The van der Waals surface area contributed by atoms with Gasteiger partial charge in [-0.05, 0) is 17.9 Å². The van der Waals surface area contributed by atoms with Crippen molar-refractivity contribution in [2.45, 2.75) is 13.0 Å². The summed E-state index contributed by atoms with van der Waals surface area (Å²) < 4.78 is 10.8. The third-order valence-electron chi connectivity index (χ3n) is 5.21. The fourth-order valence-electron chi connectivity index (χ4n) is 3.55. The molecule has 1 heterocycles. The third kappa shape index (κ3) is 6.68. The van der Waals surface area contributed by atoms with Gasteiger partial charge in [0, 0.05) is 57.6 Å². The number of nitrogens with zero attached hydrogens (tertiary/aromatic N) is 3. The van der Waals surface area contributed by atoms with Crippen molar-refractivity contribution in [3.05, 3.63) is 54.1 Å². The predicted molar refractivity (Wildman–Crippen MR) is 135 cm³/mol. The minimum Gasteiger partial charge on any atom is -0.497 e. The Morgan fingerprint density at radius 2 is 1.77 bits per heavy atom. The highest BCUT2D eigenvalue weighted by Gasteiger charge is 2.24. The summed E-state index contributed by atoms with van der Waals surface area (Å²) >= 11 is 0. The Labute approximate surface area is 197 Å². The molecule has 0 bridgehead atoms. The molecule has 6 nitrogen and oxygen atoms in total. The smallest absolute Gasteiger partial charge is 0.193 e. The van der Waals surface area contributed by atoms with Crippen LogP contribution in [-0.4, -0.2) is 58.8 Å². The standard InChI is InChI=1S/C23H32N4O2.HI/c1-26(2)23(24-15-18-8-6-5-7-9-18)25-16-19-10-11-27(17-19)20-12-21(28-3)14-22(13-20)29-4;/h5-9,12-14,19H,10-11,15-17H2,1-4H3,(H,24,25);1H. The van der Waals surface area contributed by atoms with Crippen molar-refractivity contribution in [1.82, 2.24) is 10.2 Å². The Morgan fingerprint density at radius 1 is 1.10 bits per heavy atom. The first-order valence-electron chi connectivity index (χ1n) is 10.1. The van der Waals surface area contributed by atoms with Crippen molar-refractivity contribution in [3.63, 3.8) is 0 Å². The number of hydrogen-bond donors (Lipinski definition) is 1. The SMILES string of the molecule is COc1cc(OC)cc(N2CCC(CNC(=NCc3ccccc3)N(C)C)C2)c1.I. The van der Waals surface area contributed by atoms with Crippen LogP contribution in [0.2, 0.25) is 0 Å². The molecule has 30 heavy (non-hydrogen) atoms. The molecule has 0 amide bonds. The van der Waals surface area contributed by atoms with Gasteiger partial charge in [-0.25, -0.2) is 4.99 Å². The van der Waals surface area contributed by atoms with Crippen LogP contribution < -0.4 is 19.7 Å². The lowest BCUT2D eigenvalue weighted by Crippen LogP contribution is -2.39. The number of ether oxygens (including phenoxy) is 2. The first kappa shape index (κ1) is 24.1. The number of aliphatic imine (C=N–C) groups is 1. The Bertz CT molecular complexity index is 792. The van der Waals surface area contributed by atoms with Gasteiger partial charge in [0.15, 0.2) is 5.96 Å². The summed E-state index contributed by atoms with van der Waals surface area (Å²) in [7, 11) is 7.43. The van der Waals surface area contributed by atoms with Gasteiger partial charge in [-0.3, -0.25) is 0 Å². The van der Waals surface area contributed by atoms with Crippen molar-refractivity contribution in [3.8, 4) is 11.5 Å². The van der Waals surface area contributed by atoms with Gasteiger partial charge in [-0.15, -0.1) is 24.0 Å². The van der Waals surface area contributed by atoms with Crippen molar-refractivity contribution >= 4 is 35.6 Å². The Kier molecular flexibility index (Phi) is 9.55. The quantitative estimate of drug-likeness (QED) is 0.339. The van der Waals surface area contributed by atoms with Crippen LogP contribution in [0.1, 0.15) is 12.0 Å². The molecule has 1 fully saturated rings. The molecule has 164 valence electrons. The Morgan fingerprint density at radius 3 is 2.37 bits per heavy atom. The molecule has 1 unspecified atom stereocenters. The molecule has 0 radical (unpaired) electrons. The van der Waals surface area contributed by atoms with Crippen molar-refractivity contribution in [2.24, 2.45) is 10.9 Å². The van der Waals surface area contributed by atoms with Crippen LogP contribution in [0.15, 0.2) is 53.5 Å². The number of hydrogen-bond acceptors (Lipinski definition) is 4. The topological polar surface area (TPSA) is 49.3 Å². The third-order valence-corrected chi connectivity index (χ3v) is 5.21. The second kappa shape index (κ2) is 11.9. The maximum absolute atomic E-state index is 5.41. The first-order valence-corrected chi connectivity index (χ1v) is 10.1. The number of anilines is 1. The molecule has 1 saturated heterocycles. The summed E-state index contributed by atoms with van der Waals surface area (Å²) in [4.78, 5) is 9.20. The number of benzene rings is 2. The highest BCUT2D eigenvalue weighted by Crippen LogP contribution is 2.31. The monoisotopic (exact) mass is 524 g/mol. The van der Waals surface area contributed by atoms with E-state index in [1.54, 1.807) is 14.2 Å². The molecule has 1 aliphatic rings. The lowest BCUT2D eigenvalue weighted by Gasteiger charge is -2.22. The zero-order chi connectivity index (χ0) is 20.6. The van der Waals surface area contributed by atoms with E-state index in [2.05, 4.69) is 34.5 Å². The highest BCUT2D eigenvalue weighted by atomic mass is 127. The van der Waals surface area contributed by atoms with Crippen molar-refractivity contribution in [2.75, 3.05) is 52.8 Å². The van der Waals surface area contributed by atoms with Gasteiger partial charge in [-0.2, -0.15) is 0 Å². The molecule has 3 rings (SSSR count). The highest BCUT2D eigenvalue weighted by molar-refractivity contribution is 14.0. The fourth-order valence-corrected chi connectivity index (χ4v) is 3.55. The molecule has 2 aromatic rings. The van der Waals surface area contributed by atoms with Gasteiger partial charge in [-0.1, -0.05) is 30.3 Å². The average molecular weight is 524 g/mol. The summed E-state index contributed by atoms with van der Waals surface area (Å²) in [5, 5.41) is 3.55. The van der Waals surface area contributed by atoms with Crippen LogP contribution in [-0.2, 0) is 6.54 Å². The minimum absolute atomic E-state index is 0. The molecule has 2 aromatic carbocycles. The molecule has 1 aliphatic heterocycles. The lowest BCUT2D eigenvalue weighted by atomic mass is 10.1. The van der Waals surface area contributed by atoms with Gasteiger partial charge < -0.3 is 24.6 Å². The summed E-state index contributed by atoms with van der Waals surface area (Å²) in [6.45, 7) is 3.62. The normalized spacial score (nSPS) is 16.1. The Hall–Kier alpha value is -2.16. The van der Waals surface area contributed by atoms with Crippen LogP contribution in [0.3, 0.4) is 0 Å². The molecular formula is C23H33IN4O2. The summed E-state index contributed by atoms with van der Waals surface area (Å²) in [5.74, 6) is 3.14. The van der Waals surface area contributed by atoms with Crippen LogP contribution in [0.4, 0.5) is 5.69 Å². The van der Waals surface area contributed by atoms with Crippen LogP contribution >= 0.6 is 24.0 Å². The zero-order valence-corrected chi connectivity index (χ0v) is 20.6. The van der Waals surface area contributed by atoms with E-state index < -0.39 is 0 Å². The van der Waals surface area contributed by atoms with Gasteiger partial charge >= 0.3 is 0 Å². The second-order valence-electron chi connectivity index (χ2n) is 7.57. The van der Waals surface area contributed by atoms with Gasteiger partial charge in [0.2, 0.25) is 0 Å². The maximum atomic E-state index is 5.41. The van der Waals surface area contributed by atoms with E-state index in [1.165, 1.54) is 5.56 Å². The van der Waals surface area contributed by atoms with E-state index in [4.69, 9.17) is 14.5 Å². The molecule has 0 spiro atoms. The maximum Gasteiger partial charge on any atom is 0.193 e. The van der Waals surface area contributed by atoms with Crippen LogP contribution in [0.25, 0.3) is 0 Å². The van der Waals surface area contributed by atoms with E-state index >= 15 is 0 Å². The van der Waals surface area contributed by atoms with E-state index in [9.17, 15) is 0 Å². The molecular weight excluding hydrogens is 491 g/mol. The molecule has 7 heteroatoms. The number of nitrogens with one attached hydrogen (secondary N) is 1. The zero-order valence-electron chi connectivity index (χ0n) is 18.3. The van der Waals surface area contributed by atoms with E-state index in [0.717, 1.165) is 49.2 Å². The van der Waals surface area contributed by atoms with E-state index in [-0.39, 0.29) is 24.0 Å². The number of guanidine groups is 1. The number of rotatable bonds is 7. The first-order chi connectivity index (χ1) is 14.1. The van der Waals surface area contributed by atoms with Gasteiger partial charge in [0.1, 0.15) is 11.5 Å². The molecule has 0 aromatic heterocycles. The largest absolute Gasteiger partial charge is 0.497 e. The molecule has 1 N–H and O–H groups in total. The van der Waals surface area contributed by atoms with Gasteiger partial charge in [0.05, 0.1) is 20.8 Å². The number of methoxy groups -OCH3 is 2. The predicted octanol–water partition coefficient (Wildman–Crippen LogP) is 3.86. The van der Waals surface area contributed by atoms with Crippen molar-refractivity contribution in [1.29, 1.82) is 0 Å². The van der Waals surface area contributed by atoms with Crippen LogP contribution in [0.5, 0.6) is 11.5 Å². The second-order valence-corrected chi connectivity index (χ2v) is 7.57. The summed E-state index contributed by atoms with van der Waals surface area (Å²) in [6.07, 6.45) is 1.14. The fraction of sp³-hybridized carbons (Fsp3) is 0.435. The average Bonchev–Trinajstić information content (AvgIpc) is 3.23. The summed E-state index contributed by atoms with van der Waals surface area (Å²) in [6, 6.07) is 16.4. The van der Waals surface area contributed by atoms with Crippen LogP contribution in [0, 0.1) is 5.92 Å². The molecule has 0 aliphatic carbocycles.